The van der Waals surface area contributed by atoms with Gasteiger partial charge < -0.3 is 49.8 Å². The summed E-state index contributed by atoms with van der Waals surface area (Å²) in [5.74, 6) is 1.53. The lowest BCUT2D eigenvalue weighted by molar-refractivity contribution is -0.134. The van der Waals surface area contributed by atoms with Crippen molar-refractivity contribution in [3.8, 4) is 21.6 Å². The summed E-state index contributed by atoms with van der Waals surface area (Å²) in [4.78, 5) is 68.2. The number of H-pyrrole nitrogens is 2. The van der Waals surface area contributed by atoms with Crippen molar-refractivity contribution in [1.82, 2.24) is 35.1 Å². The van der Waals surface area contributed by atoms with E-state index < -0.39 is 18.2 Å². The number of aromatic nitrogens is 4. The number of rotatable bonds is 10. The second-order valence-electron chi connectivity index (χ2n) is 17.2. The van der Waals surface area contributed by atoms with Gasteiger partial charge in [0.15, 0.2) is 0 Å². The molecule has 5 N–H and O–H groups in total. The highest BCUT2D eigenvalue weighted by molar-refractivity contribution is 7.14. The molecule has 16 nitrogen and oxygen atoms in total. The smallest absolute Gasteiger partial charge is 0.408 e. The van der Waals surface area contributed by atoms with Gasteiger partial charge in [-0.05, 0) is 84.4 Å². The van der Waals surface area contributed by atoms with Crippen LogP contribution in [0, 0.1) is 11.8 Å². The first kappa shape index (κ1) is 45.5. The number of primary amides is 1. The summed E-state index contributed by atoms with van der Waals surface area (Å²) < 4.78 is 20.0. The average molecular weight is 885 g/mol. The normalized spacial score (nSPS) is 20.1. The number of carbonyl (C=O) groups is 4. The molecule has 0 aliphatic carbocycles. The van der Waals surface area contributed by atoms with Gasteiger partial charge in [0.2, 0.25) is 11.8 Å². The number of ether oxygens (including phenoxy) is 4. The van der Waals surface area contributed by atoms with Gasteiger partial charge in [0.25, 0.3) is 0 Å². The molecule has 3 aromatic heterocycles. The van der Waals surface area contributed by atoms with Gasteiger partial charge in [-0.3, -0.25) is 9.59 Å². The van der Waals surface area contributed by atoms with Crippen molar-refractivity contribution >= 4 is 57.4 Å². The summed E-state index contributed by atoms with van der Waals surface area (Å²) >= 11 is 1.74. The van der Waals surface area contributed by atoms with Crippen LogP contribution in [0.2, 0.25) is 0 Å². The number of aromatic amines is 2. The lowest BCUT2D eigenvalue weighted by atomic mass is 10.0. The van der Waals surface area contributed by atoms with Crippen LogP contribution in [-0.2, 0) is 28.5 Å². The quantitative estimate of drug-likeness (QED) is 0.108. The van der Waals surface area contributed by atoms with E-state index in [0.717, 1.165) is 91.6 Å². The topological polar surface area (TPSA) is 207 Å². The van der Waals surface area contributed by atoms with E-state index in [4.69, 9.17) is 24.9 Å². The van der Waals surface area contributed by atoms with Crippen LogP contribution in [0.5, 0.6) is 0 Å². The minimum absolute atomic E-state index is 0.00266. The van der Waals surface area contributed by atoms with Gasteiger partial charge in [0.05, 0.1) is 60.9 Å². The van der Waals surface area contributed by atoms with Gasteiger partial charge in [-0.1, -0.05) is 39.8 Å². The Morgan fingerprint density at radius 1 is 0.873 bits per heavy atom. The van der Waals surface area contributed by atoms with Crippen LogP contribution < -0.4 is 11.1 Å². The number of fused-ring (bicyclic) bond motifs is 2. The molecule has 4 aliphatic heterocycles. The summed E-state index contributed by atoms with van der Waals surface area (Å²) in [6.07, 6.45) is 6.34. The Hall–Kier alpha value is -5.52. The molecule has 338 valence electrons. The van der Waals surface area contributed by atoms with Crippen molar-refractivity contribution in [1.29, 1.82) is 0 Å². The summed E-state index contributed by atoms with van der Waals surface area (Å²) in [7, 11) is 0. The first-order chi connectivity index (χ1) is 30.4. The third-order valence-electron chi connectivity index (χ3n) is 11.6. The zero-order valence-electron chi connectivity index (χ0n) is 36.6. The van der Waals surface area contributed by atoms with Crippen molar-refractivity contribution in [2.75, 3.05) is 46.1 Å². The Bertz CT molecular complexity index is 2320. The number of nitrogens with two attached hydrogens (primary N) is 1. The Morgan fingerprint density at radius 2 is 1.57 bits per heavy atom. The molecule has 0 radical (unpaired) electrons. The van der Waals surface area contributed by atoms with Gasteiger partial charge in [0, 0.05) is 49.3 Å². The fourth-order valence-corrected chi connectivity index (χ4v) is 9.26. The maximum Gasteiger partial charge on any atom is 0.408 e. The molecule has 4 unspecified atom stereocenters. The number of imidazole rings is 2. The predicted molar refractivity (Wildman–Crippen MR) is 241 cm³/mol. The molecule has 0 bridgehead atoms. The van der Waals surface area contributed by atoms with Crippen molar-refractivity contribution < 1.29 is 38.1 Å². The van der Waals surface area contributed by atoms with E-state index in [-0.39, 0.29) is 36.0 Å². The molecule has 4 fully saturated rings. The SMILES string of the molecule is CC(C)C(NC(=O)OC1CCOC1)C(=O)N1CCCC1.CC(C)CC(=O)N1CCCC1c1nc2ccc(-c3sccc3-c3ccc4nc[nH]c4c3)cc2[nH]1.NC(=O)OC1CCOC1. The zero-order chi connectivity index (χ0) is 44.5. The molecule has 0 spiro atoms. The van der Waals surface area contributed by atoms with E-state index in [9.17, 15) is 19.2 Å². The minimum atomic E-state index is -0.717. The van der Waals surface area contributed by atoms with Crippen LogP contribution in [0.15, 0.2) is 54.2 Å². The largest absolute Gasteiger partial charge is 0.444 e. The number of nitrogens with one attached hydrogen (secondary N) is 3. The number of thiophene rings is 1. The highest BCUT2D eigenvalue weighted by Gasteiger charge is 2.33. The van der Waals surface area contributed by atoms with Crippen molar-refractivity contribution in [3.05, 3.63) is 60.0 Å². The lowest BCUT2D eigenvalue weighted by Crippen LogP contribution is -2.51. The number of hydrogen-bond donors (Lipinski definition) is 4. The molecule has 17 heteroatoms. The molecule has 4 aliphatic rings. The van der Waals surface area contributed by atoms with Crippen LogP contribution in [0.1, 0.15) is 84.5 Å². The van der Waals surface area contributed by atoms with E-state index in [0.29, 0.717) is 38.8 Å². The Morgan fingerprint density at radius 3 is 2.25 bits per heavy atom. The first-order valence-electron chi connectivity index (χ1n) is 22.1. The van der Waals surface area contributed by atoms with Gasteiger partial charge in [-0.25, -0.2) is 19.6 Å². The van der Waals surface area contributed by atoms with Gasteiger partial charge >= 0.3 is 12.2 Å². The van der Waals surface area contributed by atoms with Crippen LogP contribution in [0.25, 0.3) is 43.6 Å². The Labute approximate surface area is 371 Å². The van der Waals surface area contributed by atoms with Gasteiger partial charge in [-0.2, -0.15) is 0 Å². The molecule has 9 rings (SSSR count). The summed E-state index contributed by atoms with van der Waals surface area (Å²) in [6, 6.07) is 14.5. The fraction of sp³-hybridized carbons (Fsp3) is 0.522. The standard InChI is InChI=1S/C27H27N5OS.C14H24N2O4.C5H9NO3/c1-16(2)12-25(33)32-10-3-4-24(32)27-30-21-8-6-18(14-23(21)31-27)26-19(9-11-34-26)17-5-7-20-22(13-17)29-15-28-20;1-10(2)12(13(17)16-6-3-4-7-16)15-14(18)20-11-5-8-19-9-11;6-5(7)9-4-1-2-8-3-4/h5-9,11,13-16,24H,3-4,10,12H2,1-2H3,(H,28,29)(H,30,31);10-12H,3-9H2,1-2H3,(H,15,18);4H,1-3H2,(H2,6,7). The van der Waals surface area contributed by atoms with Gasteiger partial charge in [-0.15, -0.1) is 11.3 Å². The number of amides is 4. The maximum atomic E-state index is 12.8. The average Bonchev–Trinajstić information content (AvgIpc) is 4.11. The highest BCUT2D eigenvalue weighted by Crippen LogP contribution is 2.39. The maximum absolute atomic E-state index is 12.8. The van der Waals surface area contributed by atoms with Crippen LogP contribution in [0.4, 0.5) is 9.59 Å². The molecule has 4 atom stereocenters. The summed E-state index contributed by atoms with van der Waals surface area (Å²) in [5.41, 5.74) is 12.3. The fourth-order valence-electron chi connectivity index (χ4n) is 8.34. The monoisotopic (exact) mass is 884 g/mol. The van der Waals surface area contributed by atoms with E-state index in [2.05, 4.69) is 86.7 Å². The molecule has 5 aromatic rings. The molecular formula is C46H60N8O8S. The van der Waals surface area contributed by atoms with Gasteiger partial charge in [0.1, 0.15) is 24.1 Å². The lowest BCUT2D eigenvalue weighted by Gasteiger charge is -2.26. The number of likely N-dealkylation sites (tertiary alicyclic amines) is 2. The number of alkyl carbamates (subject to hydrolysis) is 1. The summed E-state index contributed by atoms with van der Waals surface area (Å²) in [5, 5.41) is 4.85. The molecule has 7 heterocycles. The first-order valence-corrected chi connectivity index (χ1v) is 23.0. The summed E-state index contributed by atoms with van der Waals surface area (Å²) in [6.45, 7) is 12.7. The van der Waals surface area contributed by atoms with Crippen LogP contribution in [-0.4, -0.2) is 118 Å². The number of benzene rings is 2. The molecule has 0 saturated carbocycles. The third kappa shape index (κ3) is 11.7. The van der Waals surface area contributed by atoms with E-state index >= 15 is 0 Å². The second-order valence-corrected chi connectivity index (χ2v) is 18.1. The predicted octanol–water partition coefficient (Wildman–Crippen LogP) is 7.56. The third-order valence-corrected chi connectivity index (χ3v) is 12.6. The Kier molecular flexibility index (Phi) is 15.3. The Balaban J connectivity index is 0.000000172. The van der Waals surface area contributed by atoms with E-state index in [1.54, 1.807) is 17.7 Å². The second kappa shape index (κ2) is 21.2. The van der Waals surface area contributed by atoms with Crippen molar-refractivity contribution in [2.45, 2.75) is 96.9 Å². The molecule has 4 amide bonds. The molecule has 63 heavy (non-hydrogen) atoms. The number of nitrogens with zero attached hydrogens (tertiary/aromatic N) is 4. The molecule has 4 saturated heterocycles. The van der Waals surface area contributed by atoms with Crippen molar-refractivity contribution in [2.24, 2.45) is 17.6 Å². The minimum Gasteiger partial charge on any atom is -0.444 e. The van der Waals surface area contributed by atoms with E-state index in [1.807, 2.05) is 23.6 Å². The zero-order valence-corrected chi connectivity index (χ0v) is 37.4. The van der Waals surface area contributed by atoms with Crippen LogP contribution in [0.3, 0.4) is 0 Å². The number of hydrogen-bond acceptors (Lipinski definition) is 11. The highest BCUT2D eigenvalue weighted by atomic mass is 32.1. The van der Waals surface area contributed by atoms with Crippen molar-refractivity contribution in [3.63, 3.8) is 0 Å². The number of carbonyl (C=O) groups excluding carboxylic acids is 4. The van der Waals surface area contributed by atoms with E-state index in [1.165, 1.54) is 16.0 Å². The van der Waals surface area contributed by atoms with Crippen LogP contribution >= 0.6 is 11.3 Å². The molecule has 2 aromatic carbocycles. The molecular weight excluding hydrogens is 825 g/mol.